The van der Waals surface area contributed by atoms with Crippen LogP contribution in [0.1, 0.15) is 158 Å². The highest BCUT2D eigenvalue weighted by atomic mass is 19.1. The summed E-state index contributed by atoms with van der Waals surface area (Å²) in [4.78, 5) is 46.0. The van der Waals surface area contributed by atoms with Crippen molar-refractivity contribution < 1.29 is 52.8 Å². The molecule has 14 nitrogen and oxygen atoms in total. The number of aliphatic carboxylic acids is 3. The molecule has 1 aliphatic rings. The average Bonchev–Trinajstić information content (AvgIpc) is 4.08. The van der Waals surface area contributed by atoms with Gasteiger partial charge in [-0.15, -0.1) is 5.10 Å². The molecule has 0 saturated heterocycles. The quantitative estimate of drug-likeness (QED) is 0.0288. The van der Waals surface area contributed by atoms with Gasteiger partial charge in [0.25, 0.3) is 0 Å². The SMILES string of the molecule is COc1ccc(F)c(-c2ccc(COc3cccc([C@@H](CC(=O)O)C4CC4)c3)cc2CC(C)(C)Cn2cc(CCCCCCCCCCCCCCCC(=O)NCCC[N+](C)(CC(=O)[O-])CC(=O)O)nn2)c1. The zero-order chi connectivity index (χ0) is 51.9. The Balaban J connectivity index is 0.969. The van der Waals surface area contributed by atoms with Gasteiger partial charge >= 0.3 is 11.9 Å². The first kappa shape index (κ1) is 57.1. The number of nitrogens with zero attached hydrogens (tertiary/aromatic N) is 4. The molecule has 0 radical (unpaired) electrons. The van der Waals surface area contributed by atoms with E-state index in [4.69, 9.17) is 14.6 Å². The van der Waals surface area contributed by atoms with Gasteiger partial charge in [-0.25, -0.2) is 9.18 Å². The summed E-state index contributed by atoms with van der Waals surface area (Å²) < 4.78 is 29.0. The molecule has 1 heterocycles. The predicted octanol–water partition coefficient (Wildman–Crippen LogP) is 9.70. The number of benzene rings is 3. The Morgan fingerprint density at radius 2 is 1.51 bits per heavy atom. The molecule has 2 atom stereocenters. The van der Waals surface area contributed by atoms with E-state index in [1.165, 1.54) is 57.4 Å². The second-order valence-electron chi connectivity index (χ2n) is 21.2. The largest absolute Gasteiger partial charge is 0.544 e. The number of carboxylic acids is 3. The molecular weight excluding hydrogens is 918 g/mol. The van der Waals surface area contributed by atoms with Crippen molar-refractivity contribution in [2.45, 2.75) is 161 Å². The van der Waals surface area contributed by atoms with E-state index in [1.54, 1.807) is 26.3 Å². The topological polar surface area (TPSA) is 193 Å². The highest BCUT2D eigenvalue weighted by molar-refractivity contribution is 5.75. The molecule has 15 heteroatoms. The molecule has 3 N–H and O–H groups in total. The van der Waals surface area contributed by atoms with E-state index >= 15 is 4.39 Å². The Labute approximate surface area is 426 Å². The molecule has 0 bridgehead atoms. The number of hydrogen-bond donors (Lipinski definition) is 3. The van der Waals surface area contributed by atoms with Gasteiger partial charge in [-0.2, -0.15) is 0 Å². The van der Waals surface area contributed by atoms with E-state index in [0.717, 1.165) is 79.3 Å². The number of likely N-dealkylation sites (N-methyl/N-ethyl adjacent to an activating group) is 1. The summed E-state index contributed by atoms with van der Waals surface area (Å²) in [6.45, 7) is 5.35. The number of carboxylic acid groups (broad SMARTS) is 3. The van der Waals surface area contributed by atoms with Crippen LogP contribution in [-0.4, -0.2) is 93.8 Å². The molecule has 4 aromatic rings. The minimum Gasteiger partial charge on any atom is -0.544 e. The third kappa shape index (κ3) is 20.7. The number of carbonyl (C=O) groups excluding carboxylic acids is 2. The fourth-order valence-electron chi connectivity index (χ4n) is 9.93. The number of quaternary nitrogens is 1. The van der Waals surface area contributed by atoms with Crippen LogP contribution >= 0.6 is 0 Å². The monoisotopic (exact) mass is 998 g/mol. The summed E-state index contributed by atoms with van der Waals surface area (Å²) in [5.41, 5.74) is 4.92. The lowest BCUT2D eigenvalue weighted by Gasteiger charge is -2.33. The minimum absolute atomic E-state index is 0.0204. The Morgan fingerprint density at radius 3 is 2.15 bits per heavy atom. The van der Waals surface area contributed by atoms with Crippen LogP contribution in [0, 0.1) is 17.2 Å². The Bertz CT molecular complexity index is 2330. The number of nitrogens with one attached hydrogen (secondary N) is 1. The molecule has 394 valence electrons. The van der Waals surface area contributed by atoms with Gasteiger partial charge in [0.2, 0.25) is 5.91 Å². The molecule has 0 spiro atoms. The molecule has 1 fully saturated rings. The van der Waals surface area contributed by atoms with Gasteiger partial charge in [-0.1, -0.05) is 120 Å². The van der Waals surface area contributed by atoms with Crippen LogP contribution in [0.15, 0.2) is 66.9 Å². The number of ether oxygens (including phenoxy) is 2. The molecule has 5 rings (SSSR count). The molecule has 0 aliphatic heterocycles. The van der Waals surface area contributed by atoms with Crippen LogP contribution in [0.4, 0.5) is 4.39 Å². The van der Waals surface area contributed by atoms with Crippen LogP contribution in [0.3, 0.4) is 0 Å². The smallest absolute Gasteiger partial charge is 0.359 e. The fourth-order valence-corrected chi connectivity index (χ4v) is 9.93. The number of unbranched alkanes of at least 4 members (excludes halogenated alkanes) is 12. The van der Waals surface area contributed by atoms with Gasteiger partial charge in [0.05, 0.1) is 38.8 Å². The number of amides is 1. The van der Waals surface area contributed by atoms with Gasteiger partial charge in [-0.3, -0.25) is 14.3 Å². The second kappa shape index (κ2) is 29.0. The van der Waals surface area contributed by atoms with Crippen molar-refractivity contribution in [3.8, 4) is 22.6 Å². The zero-order valence-corrected chi connectivity index (χ0v) is 43.3. The first-order valence-corrected chi connectivity index (χ1v) is 26.3. The maximum Gasteiger partial charge on any atom is 0.359 e. The summed E-state index contributed by atoms with van der Waals surface area (Å²) in [6.07, 6.45) is 21.8. The zero-order valence-electron chi connectivity index (χ0n) is 43.3. The van der Waals surface area contributed by atoms with Gasteiger partial charge in [0.15, 0.2) is 6.54 Å². The van der Waals surface area contributed by atoms with Crippen molar-refractivity contribution >= 4 is 23.8 Å². The second-order valence-corrected chi connectivity index (χ2v) is 21.2. The number of rotatable bonds is 37. The standard InChI is InChI=1S/C57H80FN5O9/c1-57(2,36-45-32-42(24-28-49(45)51-34-47(71-4)27-29-52(51)58)40-72-48-22-18-20-44(33-48)50(35-54(65)66)43-25-26-43)41-62-37-46(60-61-62)21-16-14-12-10-8-6-5-7-9-11-13-15-17-23-53(64)59-30-19-31-63(3,38-55(67)68)39-56(69)70/h18,20,22,24,27-29,32-34,37,43,50H,5-17,19,21,23,25-26,30-31,35-36,38-41H2,1-4H3,(H3-,59,64,65,66,67,68,69,70)/t50-/m0/s1. The van der Waals surface area contributed by atoms with Crippen LogP contribution in [0.2, 0.25) is 0 Å². The molecule has 1 aromatic heterocycles. The van der Waals surface area contributed by atoms with Crippen molar-refractivity contribution in [3.63, 3.8) is 0 Å². The maximum atomic E-state index is 15.5. The lowest BCUT2D eigenvalue weighted by atomic mass is 9.82. The van der Waals surface area contributed by atoms with Crippen molar-refractivity contribution in [2.24, 2.45) is 11.3 Å². The maximum absolute atomic E-state index is 15.5. The Kier molecular flexibility index (Phi) is 23.0. The van der Waals surface area contributed by atoms with Crippen LogP contribution < -0.4 is 19.9 Å². The van der Waals surface area contributed by atoms with Crippen molar-refractivity contribution in [3.05, 3.63) is 95.1 Å². The number of aromatic nitrogens is 3. The summed E-state index contributed by atoms with van der Waals surface area (Å²) >= 11 is 0. The minimum atomic E-state index is -1.29. The van der Waals surface area contributed by atoms with E-state index in [-0.39, 0.29) is 47.1 Å². The number of aryl methyl sites for hydroxylation is 1. The molecule has 3 aromatic carbocycles. The summed E-state index contributed by atoms with van der Waals surface area (Å²) in [7, 11) is 3.15. The van der Waals surface area contributed by atoms with Gasteiger partial charge in [0, 0.05) is 37.7 Å². The van der Waals surface area contributed by atoms with E-state index in [9.17, 15) is 29.4 Å². The summed E-state index contributed by atoms with van der Waals surface area (Å²) in [6, 6.07) is 18.6. The Morgan fingerprint density at radius 1 is 0.833 bits per heavy atom. The molecular formula is C57H80FN5O9. The third-order valence-electron chi connectivity index (χ3n) is 13.8. The summed E-state index contributed by atoms with van der Waals surface area (Å²) in [5, 5.41) is 41.6. The highest BCUT2D eigenvalue weighted by Gasteiger charge is 2.34. The van der Waals surface area contributed by atoms with Crippen molar-refractivity contribution in [2.75, 3.05) is 40.3 Å². The normalized spacial score (nSPS) is 13.8. The first-order chi connectivity index (χ1) is 34.5. The fraction of sp³-hybridized carbons (Fsp3) is 0.579. The van der Waals surface area contributed by atoms with Gasteiger partial charge in [0.1, 0.15) is 30.5 Å². The molecule has 1 unspecified atom stereocenters. The number of halogens is 1. The molecule has 1 aliphatic carbocycles. The van der Waals surface area contributed by atoms with Crippen LogP contribution in [0.25, 0.3) is 11.1 Å². The van der Waals surface area contributed by atoms with Gasteiger partial charge in [-0.05, 0) is 108 Å². The average molecular weight is 998 g/mol. The number of hydrogen-bond acceptors (Lipinski definition) is 9. The van der Waals surface area contributed by atoms with E-state index in [1.807, 2.05) is 41.1 Å². The van der Waals surface area contributed by atoms with Crippen LogP contribution in [0.5, 0.6) is 11.5 Å². The highest BCUT2D eigenvalue weighted by Crippen LogP contribution is 2.45. The Hall–Kier alpha value is -5.83. The van der Waals surface area contributed by atoms with Crippen molar-refractivity contribution in [1.29, 1.82) is 0 Å². The van der Waals surface area contributed by atoms with Crippen molar-refractivity contribution in [1.82, 2.24) is 20.3 Å². The molecule has 1 amide bonds. The van der Waals surface area contributed by atoms with E-state index < -0.39 is 17.9 Å². The number of methoxy groups -OCH3 is 1. The first-order valence-electron chi connectivity index (χ1n) is 26.3. The summed E-state index contributed by atoms with van der Waals surface area (Å²) in [5.74, 6) is -1.84. The van der Waals surface area contributed by atoms with E-state index in [2.05, 4.69) is 41.7 Å². The van der Waals surface area contributed by atoms with E-state index in [0.29, 0.717) is 68.5 Å². The third-order valence-corrected chi connectivity index (χ3v) is 13.8. The van der Waals surface area contributed by atoms with Crippen LogP contribution in [-0.2, 0) is 45.2 Å². The molecule has 72 heavy (non-hydrogen) atoms. The molecule has 1 saturated carbocycles. The predicted molar refractivity (Wildman–Crippen MR) is 274 cm³/mol. The lowest BCUT2D eigenvalue weighted by Crippen LogP contribution is -2.54. The van der Waals surface area contributed by atoms with Gasteiger partial charge < -0.3 is 39.4 Å². The lowest BCUT2D eigenvalue weighted by molar-refractivity contribution is -0.897. The number of carbonyl (C=O) groups is 4.